The predicted molar refractivity (Wildman–Crippen MR) is 77.1 cm³/mol. The molecule has 0 radical (unpaired) electrons. The molecule has 2 aliphatic rings. The minimum Gasteiger partial charge on any atom is -0.481 e. The van der Waals surface area contributed by atoms with E-state index in [1.165, 1.54) is 0 Å². The van der Waals surface area contributed by atoms with Crippen molar-refractivity contribution in [3.63, 3.8) is 0 Å². The average Bonchev–Trinajstić information content (AvgIpc) is 2.94. The number of carboxylic acids is 1. The smallest absolute Gasteiger partial charge is 0.310 e. The summed E-state index contributed by atoms with van der Waals surface area (Å²) >= 11 is 5.79. The maximum absolute atomic E-state index is 12.5. The number of hydrogen-bond acceptors (Lipinski definition) is 3. The standard InChI is InChI=1S/C15H14ClNO4/c1-15-7-6-10(21-15)11(14(19)20)12(15)13(18)17-9-4-2-8(16)3-5-9/h2-7,10-12H,1H3,(H,17,18)(H,19,20)/t10-,11-,12-,15+/m1/s1. The summed E-state index contributed by atoms with van der Waals surface area (Å²) in [5.41, 5.74) is -0.298. The molecule has 1 aromatic rings. The van der Waals surface area contributed by atoms with Crippen molar-refractivity contribution in [2.24, 2.45) is 11.8 Å². The minimum absolute atomic E-state index is 0.362. The van der Waals surface area contributed by atoms with Gasteiger partial charge in [-0.15, -0.1) is 0 Å². The van der Waals surface area contributed by atoms with E-state index in [-0.39, 0.29) is 5.91 Å². The van der Waals surface area contributed by atoms with Crippen molar-refractivity contribution in [2.75, 3.05) is 5.32 Å². The highest BCUT2D eigenvalue weighted by Crippen LogP contribution is 2.47. The molecule has 0 aliphatic carbocycles. The molecule has 2 N–H and O–H groups in total. The number of carbonyl (C=O) groups is 2. The Morgan fingerprint density at radius 3 is 2.62 bits per heavy atom. The Balaban J connectivity index is 1.84. The molecule has 5 nitrogen and oxygen atoms in total. The van der Waals surface area contributed by atoms with Crippen LogP contribution < -0.4 is 5.32 Å². The molecule has 0 spiro atoms. The van der Waals surface area contributed by atoms with Gasteiger partial charge in [-0.05, 0) is 31.2 Å². The van der Waals surface area contributed by atoms with E-state index in [0.29, 0.717) is 10.7 Å². The first-order valence-corrected chi connectivity index (χ1v) is 6.95. The lowest BCUT2D eigenvalue weighted by Gasteiger charge is -2.27. The molecule has 1 fully saturated rings. The van der Waals surface area contributed by atoms with Gasteiger partial charge in [0.05, 0.1) is 17.6 Å². The number of nitrogens with one attached hydrogen (secondary N) is 1. The Morgan fingerprint density at radius 1 is 1.33 bits per heavy atom. The molecular weight excluding hydrogens is 294 g/mol. The van der Waals surface area contributed by atoms with Crippen molar-refractivity contribution < 1.29 is 19.4 Å². The number of carboxylic acid groups (broad SMARTS) is 1. The molecular formula is C15H14ClNO4. The highest BCUT2D eigenvalue weighted by Gasteiger charge is 2.59. The fraction of sp³-hybridized carbons (Fsp3) is 0.333. The zero-order valence-electron chi connectivity index (χ0n) is 11.2. The molecule has 3 rings (SSSR count). The number of rotatable bonds is 3. The molecule has 0 unspecified atom stereocenters. The largest absolute Gasteiger partial charge is 0.481 e. The van der Waals surface area contributed by atoms with Crippen LogP contribution in [0, 0.1) is 11.8 Å². The minimum atomic E-state index is -1.02. The Bertz CT molecular complexity index is 627. The number of fused-ring (bicyclic) bond motifs is 2. The van der Waals surface area contributed by atoms with E-state index >= 15 is 0 Å². The second kappa shape index (κ2) is 4.86. The van der Waals surface area contributed by atoms with E-state index in [4.69, 9.17) is 16.3 Å². The van der Waals surface area contributed by atoms with Crippen LogP contribution in [0.2, 0.25) is 5.02 Å². The molecule has 1 saturated heterocycles. The highest BCUT2D eigenvalue weighted by molar-refractivity contribution is 6.30. The summed E-state index contributed by atoms with van der Waals surface area (Å²) in [4.78, 5) is 23.9. The fourth-order valence-corrected chi connectivity index (χ4v) is 3.16. The zero-order chi connectivity index (χ0) is 15.2. The molecule has 2 heterocycles. The van der Waals surface area contributed by atoms with Crippen LogP contribution >= 0.6 is 11.6 Å². The molecule has 1 amide bonds. The molecule has 110 valence electrons. The second-order valence-electron chi connectivity index (χ2n) is 5.46. The van der Waals surface area contributed by atoms with Crippen LogP contribution in [0.1, 0.15) is 6.92 Å². The SMILES string of the molecule is C[C@@]12C=C[C@@H](O1)[C@@H](C(=O)O)[C@@H]2C(=O)Nc1ccc(Cl)cc1. The average molecular weight is 308 g/mol. The topological polar surface area (TPSA) is 75.6 Å². The Morgan fingerprint density at radius 2 is 2.00 bits per heavy atom. The van der Waals surface area contributed by atoms with Gasteiger partial charge in [-0.2, -0.15) is 0 Å². The summed E-state index contributed by atoms with van der Waals surface area (Å²) in [6.07, 6.45) is 2.93. The van der Waals surface area contributed by atoms with Gasteiger partial charge >= 0.3 is 5.97 Å². The van der Waals surface area contributed by atoms with E-state index in [0.717, 1.165) is 0 Å². The maximum atomic E-state index is 12.5. The van der Waals surface area contributed by atoms with Gasteiger partial charge in [0.25, 0.3) is 0 Å². The Hall–Kier alpha value is -1.85. The highest BCUT2D eigenvalue weighted by atomic mass is 35.5. The van der Waals surface area contributed by atoms with Crippen LogP contribution in [0.25, 0.3) is 0 Å². The molecule has 1 aromatic carbocycles. The van der Waals surface area contributed by atoms with Crippen molar-refractivity contribution in [3.05, 3.63) is 41.4 Å². The lowest BCUT2D eigenvalue weighted by molar-refractivity contribution is -0.146. The summed E-state index contributed by atoms with van der Waals surface area (Å²) < 4.78 is 5.65. The quantitative estimate of drug-likeness (QED) is 0.840. The third-order valence-electron chi connectivity index (χ3n) is 4.02. The number of anilines is 1. The van der Waals surface area contributed by atoms with Crippen LogP contribution in [0.5, 0.6) is 0 Å². The van der Waals surface area contributed by atoms with Gasteiger partial charge in [-0.3, -0.25) is 9.59 Å². The molecule has 21 heavy (non-hydrogen) atoms. The van der Waals surface area contributed by atoms with Crippen LogP contribution in [0.3, 0.4) is 0 Å². The fourth-order valence-electron chi connectivity index (χ4n) is 3.03. The number of benzene rings is 1. The van der Waals surface area contributed by atoms with Gasteiger partial charge in [0.2, 0.25) is 5.91 Å². The van der Waals surface area contributed by atoms with E-state index in [2.05, 4.69) is 5.32 Å². The summed E-state index contributed by atoms with van der Waals surface area (Å²) in [5, 5.41) is 12.7. The number of aliphatic carboxylic acids is 1. The summed E-state index contributed by atoms with van der Waals surface area (Å²) in [6.45, 7) is 1.73. The van der Waals surface area contributed by atoms with Gasteiger partial charge in [0.1, 0.15) is 5.92 Å². The monoisotopic (exact) mass is 307 g/mol. The molecule has 6 heteroatoms. The van der Waals surface area contributed by atoms with E-state index in [1.807, 2.05) is 0 Å². The Kier molecular flexibility index (Phi) is 3.26. The van der Waals surface area contributed by atoms with Crippen LogP contribution in [0.15, 0.2) is 36.4 Å². The zero-order valence-corrected chi connectivity index (χ0v) is 12.0. The summed E-state index contributed by atoms with van der Waals surface area (Å²) in [5.74, 6) is -3.02. The molecule has 2 bridgehead atoms. The first-order chi connectivity index (χ1) is 9.90. The van der Waals surface area contributed by atoms with E-state index in [1.54, 1.807) is 43.3 Å². The van der Waals surface area contributed by atoms with Crippen molar-refractivity contribution in [2.45, 2.75) is 18.6 Å². The number of hydrogen-bond donors (Lipinski definition) is 2. The first kappa shape index (κ1) is 14.1. The van der Waals surface area contributed by atoms with Gasteiger partial charge in [0.15, 0.2) is 0 Å². The molecule has 2 aliphatic heterocycles. The maximum Gasteiger partial charge on any atom is 0.310 e. The first-order valence-electron chi connectivity index (χ1n) is 6.57. The molecule has 0 saturated carbocycles. The number of halogens is 1. The van der Waals surface area contributed by atoms with E-state index in [9.17, 15) is 14.7 Å². The third kappa shape index (κ3) is 2.32. The number of ether oxygens (including phenoxy) is 1. The van der Waals surface area contributed by atoms with Crippen LogP contribution in [-0.4, -0.2) is 28.7 Å². The van der Waals surface area contributed by atoms with E-state index < -0.39 is 29.5 Å². The number of amides is 1. The van der Waals surface area contributed by atoms with Crippen molar-refractivity contribution >= 4 is 29.2 Å². The van der Waals surface area contributed by atoms with Crippen LogP contribution in [0.4, 0.5) is 5.69 Å². The van der Waals surface area contributed by atoms with Gasteiger partial charge < -0.3 is 15.2 Å². The lowest BCUT2D eigenvalue weighted by atomic mass is 9.75. The normalized spacial score (nSPS) is 33.1. The van der Waals surface area contributed by atoms with Crippen molar-refractivity contribution in [1.82, 2.24) is 0 Å². The summed E-state index contributed by atoms with van der Waals surface area (Å²) in [6, 6.07) is 6.65. The third-order valence-corrected chi connectivity index (χ3v) is 4.27. The number of carbonyl (C=O) groups excluding carboxylic acids is 1. The van der Waals surface area contributed by atoms with Crippen LogP contribution in [-0.2, 0) is 14.3 Å². The lowest BCUT2D eigenvalue weighted by Crippen LogP contribution is -2.44. The summed E-state index contributed by atoms with van der Waals surface area (Å²) in [7, 11) is 0. The molecule has 4 atom stereocenters. The Labute approximate surface area is 126 Å². The van der Waals surface area contributed by atoms with Crippen molar-refractivity contribution in [1.29, 1.82) is 0 Å². The second-order valence-corrected chi connectivity index (χ2v) is 5.90. The van der Waals surface area contributed by atoms with Gasteiger partial charge in [-0.25, -0.2) is 0 Å². The van der Waals surface area contributed by atoms with Crippen molar-refractivity contribution in [3.8, 4) is 0 Å². The van der Waals surface area contributed by atoms with Gasteiger partial charge in [-0.1, -0.05) is 23.8 Å². The predicted octanol–water partition coefficient (Wildman–Crippen LogP) is 2.32. The molecule has 0 aromatic heterocycles. The van der Waals surface area contributed by atoms with Gasteiger partial charge in [0, 0.05) is 10.7 Å².